The molecular formula is C121H110OS4. The lowest BCUT2D eigenvalue weighted by atomic mass is 9.72. The van der Waals surface area contributed by atoms with Crippen molar-refractivity contribution < 1.29 is 4.42 Å². The highest BCUT2D eigenvalue weighted by atomic mass is 32.1. The van der Waals surface area contributed by atoms with Gasteiger partial charge in [-0.3, -0.25) is 0 Å². The zero-order valence-corrected chi connectivity index (χ0v) is 79.2. The van der Waals surface area contributed by atoms with Crippen LogP contribution in [-0.2, 0) is 38.9 Å². The zero-order chi connectivity index (χ0) is 87.7. The third-order valence-electron chi connectivity index (χ3n) is 25.5. The molecule has 0 bridgehead atoms. The number of fused-ring (bicyclic) bond motifs is 18. The van der Waals surface area contributed by atoms with E-state index in [0.717, 1.165) is 28.5 Å². The number of hydrogen-bond donors (Lipinski definition) is 0. The molecule has 0 fully saturated rings. The maximum atomic E-state index is 6.46. The molecular weight excluding hydrogens is 1600 g/mol. The van der Waals surface area contributed by atoms with E-state index < -0.39 is 0 Å². The van der Waals surface area contributed by atoms with Gasteiger partial charge in [-0.15, -0.1) is 45.3 Å². The molecule has 1 aliphatic rings. The van der Waals surface area contributed by atoms with Crippen molar-refractivity contribution in [1.82, 2.24) is 0 Å². The van der Waals surface area contributed by atoms with Crippen LogP contribution in [0.3, 0.4) is 0 Å². The van der Waals surface area contributed by atoms with Crippen molar-refractivity contribution in [2.24, 2.45) is 0 Å². The Morgan fingerprint density at radius 1 is 0.198 bits per heavy atom. The Labute approximate surface area is 759 Å². The summed E-state index contributed by atoms with van der Waals surface area (Å²) in [4.78, 5) is 0. The van der Waals surface area contributed by atoms with Crippen molar-refractivity contribution in [2.75, 3.05) is 0 Å². The molecule has 0 unspecified atom stereocenters. The van der Waals surface area contributed by atoms with Gasteiger partial charge in [0.25, 0.3) is 0 Å². The van der Waals surface area contributed by atoms with E-state index in [1.54, 1.807) is 0 Å². The predicted octanol–water partition coefficient (Wildman–Crippen LogP) is 37.5. The molecule has 5 heterocycles. The second-order valence-corrected chi connectivity index (χ2v) is 44.8. The fourth-order valence-corrected chi connectivity index (χ4v) is 25.1. The van der Waals surface area contributed by atoms with Crippen LogP contribution in [-0.4, -0.2) is 0 Å². The molecule has 0 amide bonds. The Balaban J connectivity index is 0.000000111. The fourth-order valence-electron chi connectivity index (χ4n) is 20.3. The first-order valence-corrected chi connectivity index (χ1v) is 47.9. The SMILES string of the molecule is CC(C)(C)c1c(-c2cccc3c2-c2ccccc2C3)cccc1-c1cccc2sc3ccccc3c12.CC(C)(C)c1c(-c2cccc3c2oc2ccccc23)cccc1-c1cccc2c1sc1ccccc12.CC(C)(C)c1cccc(-c2cccc3c2sc2ccccc23)c1C(C)(C)C.CC(C)(C)c1cccc(-c2cccc3sc4ccccc4c23)c1C(C)(C)C. The highest BCUT2D eigenvalue weighted by molar-refractivity contribution is 7.27. The van der Waals surface area contributed by atoms with E-state index in [1.807, 2.05) is 51.4 Å². The Hall–Kier alpha value is -11.8. The van der Waals surface area contributed by atoms with Crippen molar-refractivity contribution >= 4 is 148 Å². The summed E-state index contributed by atoms with van der Waals surface area (Å²) in [7, 11) is 0. The van der Waals surface area contributed by atoms with E-state index in [2.05, 4.69) is 446 Å². The number of thiophene rings is 4. The summed E-state index contributed by atoms with van der Waals surface area (Å²) in [5.74, 6) is 0. The molecule has 0 saturated heterocycles. The van der Waals surface area contributed by atoms with Crippen molar-refractivity contribution in [1.29, 1.82) is 0 Å². The average molecular weight is 1710 g/mol. The maximum Gasteiger partial charge on any atom is 0.143 e. The highest BCUT2D eigenvalue weighted by Gasteiger charge is 2.34. The van der Waals surface area contributed by atoms with Crippen molar-refractivity contribution in [3.05, 3.63) is 372 Å². The van der Waals surface area contributed by atoms with Crippen LogP contribution in [0.5, 0.6) is 0 Å². The van der Waals surface area contributed by atoms with Gasteiger partial charge in [-0.05, 0) is 198 Å². The molecule has 21 aromatic rings. The third-order valence-corrected chi connectivity index (χ3v) is 30.2. The van der Waals surface area contributed by atoms with Crippen LogP contribution in [0.25, 0.3) is 181 Å². The molecule has 0 radical (unpaired) electrons. The summed E-state index contributed by atoms with van der Waals surface area (Å²) in [6.07, 6.45) is 1.02. The molecule has 16 aromatic carbocycles. The molecule has 126 heavy (non-hydrogen) atoms. The number of benzene rings is 16. The van der Waals surface area contributed by atoms with Crippen molar-refractivity contribution in [3.63, 3.8) is 0 Å². The standard InChI is InChI=1S/C35H28S.C34H26OS.2C26H28S/c1-35(2,3)34-27(25-15-8-12-23-21-22-11-4-5-13-24(22)32(23)25)17-9-18-28(34)26-16-10-20-31-33(26)29-14-6-7-19-30(29)36-31;1-34(2,3)31-23(26-16-9-15-25-21-11-4-6-19-29(21)35-32(25)26)13-8-14-24(31)28-18-10-17-27-22-12-5-7-20-30(22)36-33(27)28;1-25(2,3)21-15-10-12-18(23(21)26(4,5)6)20-14-9-13-19-17-11-7-8-16-22(17)27-24(19)20;1-25(2,3)20-14-9-13-18(24(20)26(4,5)6)17-12-10-16-22-23(17)19-11-7-8-15-21(19)27-22/h4-20H,21H2,1-3H3;4-20H,1-3H3;2*7-16H,1-6H3. The van der Waals surface area contributed by atoms with Gasteiger partial charge in [0, 0.05) is 97.0 Å². The molecule has 0 spiro atoms. The first-order chi connectivity index (χ1) is 60.4. The Morgan fingerprint density at radius 3 is 0.968 bits per heavy atom. The number of furan rings is 1. The van der Waals surface area contributed by atoms with Gasteiger partial charge >= 0.3 is 0 Å². The van der Waals surface area contributed by atoms with Crippen LogP contribution in [0, 0.1) is 0 Å². The van der Waals surface area contributed by atoms with Crippen LogP contribution in [0.1, 0.15) is 169 Å². The minimum atomic E-state index is -0.0705. The molecule has 1 nitrogen and oxygen atoms in total. The largest absolute Gasteiger partial charge is 0.455 e. The minimum absolute atomic E-state index is 0.0270. The Kier molecular flexibility index (Phi) is 21.4. The van der Waals surface area contributed by atoms with E-state index in [9.17, 15) is 0 Å². The smallest absolute Gasteiger partial charge is 0.143 e. The molecule has 22 rings (SSSR count). The third kappa shape index (κ3) is 15.2. The van der Waals surface area contributed by atoms with E-state index >= 15 is 0 Å². The number of para-hydroxylation sites is 2. The second kappa shape index (κ2) is 32.3. The fraction of sp³-hybridized carbons (Fsp3) is 0.207. The van der Waals surface area contributed by atoms with Crippen molar-refractivity contribution in [2.45, 2.75) is 164 Å². The van der Waals surface area contributed by atoms with Gasteiger partial charge in [-0.1, -0.05) is 410 Å². The second-order valence-electron chi connectivity index (χ2n) is 40.5. The zero-order valence-electron chi connectivity index (χ0n) is 75.9. The van der Waals surface area contributed by atoms with Gasteiger partial charge in [-0.2, -0.15) is 0 Å². The summed E-state index contributed by atoms with van der Waals surface area (Å²) in [6, 6.07) is 120. The first-order valence-electron chi connectivity index (χ1n) is 44.7. The molecule has 624 valence electrons. The molecule has 0 aliphatic heterocycles. The van der Waals surface area contributed by atoms with Crippen LogP contribution >= 0.6 is 45.3 Å². The van der Waals surface area contributed by atoms with Gasteiger partial charge in [0.15, 0.2) is 0 Å². The van der Waals surface area contributed by atoms with Gasteiger partial charge < -0.3 is 4.42 Å². The first kappa shape index (κ1) is 83.7. The van der Waals surface area contributed by atoms with Crippen LogP contribution in [0.2, 0.25) is 0 Å². The summed E-state index contributed by atoms with van der Waals surface area (Å²) in [6.45, 7) is 42.0. The lowest BCUT2D eigenvalue weighted by Gasteiger charge is -2.32. The lowest BCUT2D eigenvalue weighted by molar-refractivity contribution is 0.531. The van der Waals surface area contributed by atoms with Gasteiger partial charge in [0.1, 0.15) is 11.2 Å². The normalized spacial score (nSPS) is 12.7. The van der Waals surface area contributed by atoms with E-state index in [-0.39, 0.29) is 32.5 Å². The number of hydrogen-bond acceptors (Lipinski definition) is 5. The summed E-state index contributed by atoms with van der Waals surface area (Å²) >= 11 is 7.59. The van der Waals surface area contributed by atoms with E-state index in [4.69, 9.17) is 4.42 Å². The molecule has 0 atom stereocenters. The highest BCUT2D eigenvalue weighted by Crippen LogP contribution is 2.54. The number of rotatable bonds is 6. The Morgan fingerprint density at radius 2 is 0.492 bits per heavy atom. The van der Waals surface area contributed by atoms with Crippen LogP contribution < -0.4 is 0 Å². The topological polar surface area (TPSA) is 13.1 Å². The lowest BCUT2D eigenvalue weighted by Crippen LogP contribution is -2.23. The van der Waals surface area contributed by atoms with E-state index in [1.165, 1.54) is 203 Å². The molecule has 1 aliphatic carbocycles. The van der Waals surface area contributed by atoms with Gasteiger partial charge in [0.2, 0.25) is 0 Å². The van der Waals surface area contributed by atoms with Gasteiger partial charge in [-0.25, -0.2) is 0 Å². The molecule has 5 heteroatoms. The summed E-state index contributed by atoms with van der Waals surface area (Å²) in [5, 5.41) is 13.2. The maximum absolute atomic E-state index is 6.46. The molecule has 0 N–H and O–H groups in total. The summed E-state index contributed by atoms with van der Waals surface area (Å²) < 4.78 is 17.4. The molecule has 0 saturated carbocycles. The van der Waals surface area contributed by atoms with Crippen LogP contribution in [0.15, 0.2) is 332 Å². The minimum Gasteiger partial charge on any atom is -0.455 e. The van der Waals surface area contributed by atoms with Gasteiger partial charge in [0.05, 0.1) is 0 Å². The Bertz CT molecular complexity index is 7660. The molecule has 5 aromatic heterocycles. The van der Waals surface area contributed by atoms with Crippen LogP contribution in [0.4, 0.5) is 0 Å². The van der Waals surface area contributed by atoms with Crippen molar-refractivity contribution in [3.8, 4) is 77.9 Å². The van der Waals surface area contributed by atoms with E-state index in [0.29, 0.717) is 0 Å². The quantitative estimate of drug-likeness (QED) is 0.162. The summed E-state index contributed by atoms with van der Waals surface area (Å²) in [5.41, 5.74) is 32.3. The average Bonchev–Trinajstić information content (AvgIpc) is 1.54. The predicted molar refractivity (Wildman–Crippen MR) is 558 cm³/mol. The monoisotopic (exact) mass is 1710 g/mol.